The topological polar surface area (TPSA) is 12.0 Å². The Bertz CT molecular complexity index is 635. The summed E-state index contributed by atoms with van der Waals surface area (Å²) in [4.78, 5) is 0. The van der Waals surface area contributed by atoms with Crippen LogP contribution < -0.4 is 5.32 Å². The quantitative estimate of drug-likeness (QED) is 0.904. The Balaban J connectivity index is 1.99. The van der Waals surface area contributed by atoms with Gasteiger partial charge in [0.05, 0.1) is 5.02 Å². The Hall–Kier alpha value is -1.38. The highest BCUT2D eigenvalue weighted by Gasteiger charge is 2.40. The number of aryl methyl sites for hydroxylation is 1. The Labute approximate surface area is 123 Å². The minimum absolute atomic E-state index is 0.0170. The maximum Gasteiger partial charge on any atom is 0.145 e. The standard InChI is InChI=1S/C17H17ClFN/c1-12-5-2-3-7-14(12)17(10-20-11-17)9-13-6-4-8-15(18)16(13)19/h2-8,20H,9-11H2,1H3. The Kier molecular flexibility index (Phi) is 3.53. The van der Waals surface area contributed by atoms with E-state index in [9.17, 15) is 4.39 Å². The highest BCUT2D eigenvalue weighted by atomic mass is 35.5. The second-order valence-electron chi connectivity index (χ2n) is 5.59. The molecule has 0 bridgehead atoms. The van der Waals surface area contributed by atoms with Crippen LogP contribution in [0.25, 0.3) is 0 Å². The number of nitrogens with one attached hydrogen (secondary N) is 1. The van der Waals surface area contributed by atoms with Crippen LogP contribution in [0.15, 0.2) is 42.5 Å². The first kappa shape index (κ1) is 13.6. The van der Waals surface area contributed by atoms with Crippen LogP contribution in [0.5, 0.6) is 0 Å². The molecule has 3 heteroatoms. The van der Waals surface area contributed by atoms with Crippen LogP contribution in [0.4, 0.5) is 4.39 Å². The van der Waals surface area contributed by atoms with Crippen molar-refractivity contribution in [1.29, 1.82) is 0 Å². The molecule has 104 valence electrons. The van der Waals surface area contributed by atoms with Gasteiger partial charge >= 0.3 is 0 Å². The van der Waals surface area contributed by atoms with Gasteiger partial charge in [0.1, 0.15) is 5.82 Å². The van der Waals surface area contributed by atoms with Gasteiger partial charge in [-0.2, -0.15) is 0 Å². The molecule has 20 heavy (non-hydrogen) atoms. The van der Waals surface area contributed by atoms with E-state index in [1.54, 1.807) is 6.07 Å². The van der Waals surface area contributed by atoms with Crippen molar-refractivity contribution in [2.45, 2.75) is 18.8 Å². The van der Waals surface area contributed by atoms with Gasteiger partial charge in [-0.25, -0.2) is 4.39 Å². The van der Waals surface area contributed by atoms with E-state index >= 15 is 0 Å². The highest BCUT2D eigenvalue weighted by molar-refractivity contribution is 6.30. The zero-order chi connectivity index (χ0) is 14.2. The third kappa shape index (κ3) is 2.23. The van der Waals surface area contributed by atoms with Crippen molar-refractivity contribution < 1.29 is 4.39 Å². The Morgan fingerprint density at radius 3 is 2.55 bits per heavy atom. The summed E-state index contributed by atoms with van der Waals surface area (Å²) in [7, 11) is 0. The van der Waals surface area contributed by atoms with Crippen LogP contribution in [0.3, 0.4) is 0 Å². The summed E-state index contributed by atoms with van der Waals surface area (Å²) in [5.41, 5.74) is 3.24. The summed E-state index contributed by atoms with van der Waals surface area (Å²) in [6.07, 6.45) is 0.678. The van der Waals surface area contributed by atoms with Crippen LogP contribution in [-0.2, 0) is 11.8 Å². The fraction of sp³-hybridized carbons (Fsp3) is 0.294. The van der Waals surface area contributed by atoms with Crippen LogP contribution in [0.2, 0.25) is 5.02 Å². The molecule has 0 aromatic heterocycles. The highest BCUT2D eigenvalue weighted by Crippen LogP contribution is 2.35. The molecule has 1 fully saturated rings. The molecule has 0 aliphatic carbocycles. The fourth-order valence-corrected chi connectivity index (χ4v) is 3.25. The minimum atomic E-state index is -0.283. The molecule has 0 atom stereocenters. The number of halogens is 2. The first-order valence-corrected chi connectivity index (χ1v) is 7.20. The van der Waals surface area contributed by atoms with Crippen LogP contribution in [0, 0.1) is 12.7 Å². The van der Waals surface area contributed by atoms with E-state index < -0.39 is 0 Å². The predicted molar refractivity (Wildman–Crippen MR) is 80.8 cm³/mol. The summed E-state index contributed by atoms with van der Waals surface area (Å²) < 4.78 is 14.2. The van der Waals surface area contributed by atoms with E-state index in [2.05, 4.69) is 30.4 Å². The van der Waals surface area contributed by atoms with Gasteiger partial charge in [-0.15, -0.1) is 0 Å². The molecule has 1 aliphatic heterocycles. The summed E-state index contributed by atoms with van der Waals surface area (Å²) in [6.45, 7) is 3.87. The molecule has 0 spiro atoms. The zero-order valence-corrected chi connectivity index (χ0v) is 12.2. The lowest BCUT2D eigenvalue weighted by Gasteiger charge is -2.44. The summed E-state index contributed by atoms with van der Waals surface area (Å²) in [5, 5.41) is 3.53. The monoisotopic (exact) mass is 289 g/mol. The molecule has 2 aromatic rings. The van der Waals surface area contributed by atoms with Crippen molar-refractivity contribution in [2.75, 3.05) is 13.1 Å². The van der Waals surface area contributed by atoms with Crippen molar-refractivity contribution in [3.8, 4) is 0 Å². The average molecular weight is 290 g/mol. The number of hydrogen-bond acceptors (Lipinski definition) is 1. The normalized spacial score (nSPS) is 16.8. The maximum atomic E-state index is 14.2. The Morgan fingerprint density at radius 2 is 1.90 bits per heavy atom. The van der Waals surface area contributed by atoms with E-state index in [0.717, 1.165) is 13.1 Å². The lowest BCUT2D eigenvalue weighted by molar-refractivity contribution is 0.271. The molecule has 1 N–H and O–H groups in total. The lowest BCUT2D eigenvalue weighted by Crippen LogP contribution is -2.58. The van der Waals surface area contributed by atoms with Crippen LogP contribution >= 0.6 is 11.6 Å². The summed E-state index contributed by atoms with van der Waals surface area (Å²) in [5.74, 6) is -0.283. The van der Waals surface area contributed by atoms with Crippen molar-refractivity contribution in [3.63, 3.8) is 0 Å². The van der Waals surface area contributed by atoms with Gasteiger partial charge in [-0.1, -0.05) is 48.0 Å². The van der Waals surface area contributed by atoms with Gasteiger partial charge in [0, 0.05) is 18.5 Å². The van der Waals surface area contributed by atoms with Crippen LogP contribution in [0.1, 0.15) is 16.7 Å². The lowest BCUT2D eigenvalue weighted by atomic mass is 9.69. The SMILES string of the molecule is Cc1ccccc1C1(Cc2cccc(Cl)c2F)CNC1. The smallest absolute Gasteiger partial charge is 0.145 e. The molecule has 0 amide bonds. The minimum Gasteiger partial charge on any atom is -0.315 e. The second kappa shape index (κ2) is 5.19. The molecule has 2 aromatic carbocycles. The molecule has 0 saturated carbocycles. The predicted octanol–water partition coefficient (Wildman–Crippen LogP) is 3.87. The van der Waals surface area contributed by atoms with Crippen molar-refractivity contribution in [1.82, 2.24) is 5.32 Å². The first-order chi connectivity index (χ1) is 9.62. The van der Waals surface area contributed by atoms with E-state index in [0.29, 0.717) is 12.0 Å². The summed E-state index contributed by atoms with van der Waals surface area (Å²) >= 11 is 5.89. The van der Waals surface area contributed by atoms with Gasteiger partial charge in [-0.3, -0.25) is 0 Å². The van der Waals surface area contributed by atoms with Crippen LogP contribution in [-0.4, -0.2) is 13.1 Å². The maximum absolute atomic E-state index is 14.2. The molecule has 1 aliphatic rings. The molecule has 1 heterocycles. The molecule has 3 rings (SSSR count). The summed E-state index contributed by atoms with van der Waals surface area (Å²) in [6, 6.07) is 13.6. The molecule has 1 nitrogen and oxygen atoms in total. The molecule has 0 unspecified atom stereocenters. The number of hydrogen-bond donors (Lipinski definition) is 1. The largest absolute Gasteiger partial charge is 0.315 e. The van der Waals surface area contributed by atoms with Gasteiger partial charge in [0.25, 0.3) is 0 Å². The third-order valence-corrected chi connectivity index (χ3v) is 4.50. The van der Waals surface area contributed by atoms with E-state index in [4.69, 9.17) is 11.6 Å². The van der Waals surface area contributed by atoms with E-state index in [1.165, 1.54) is 11.1 Å². The van der Waals surface area contributed by atoms with E-state index in [-0.39, 0.29) is 16.3 Å². The average Bonchev–Trinajstić information content (AvgIpc) is 2.40. The molecular weight excluding hydrogens is 273 g/mol. The third-order valence-electron chi connectivity index (χ3n) is 4.20. The first-order valence-electron chi connectivity index (χ1n) is 6.82. The second-order valence-corrected chi connectivity index (χ2v) is 6.00. The fourth-order valence-electron chi connectivity index (χ4n) is 3.05. The van der Waals surface area contributed by atoms with Crippen molar-refractivity contribution in [3.05, 3.63) is 70.0 Å². The van der Waals surface area contributed by atoms with Gasteiger partial charge in [-0.05, 0) is 36.1 Å². The van der Waals surface area contributed by atoms with Gasteiger partial charge < -0.3 is 5.32 Å². The number of benzene rings is 2. The van der Waals surface area contributed by atoms with Crippen molar-refractivity contribution >= 4 is 11.6 Å². The van der Waals surface area contributed by atoms with Crippen molar-refractivity contribution in [2.24, 2.45) is 0 Å². The zero-order valence-electron chi connectivity index (χ0n) is 11.4. The molecular formula is C17H17ClFN. The van der Waals surface area contributed by atoms with E-state index in [1.807, 2.05) is 18.2 Å². The van der Waals surface area contributed by atoms with Gasteiger partial charge in [0.2, 0.25) is 0 Å². The molecule has 1 saturated heterocycles. The number of rotatable bonds is 3. The molecule has 0 radical (unpaired) electrons. The van der Waals surface area contributed by atoms with Gasteiger partial charge in [0.15, 0.2) is 0 Å². The Morgan fingerprint density at radius 1 is 1.15 bits per heavy atom.